The molecule has 3 aromatic rings. The summed E-state index contributed by atoms with van der Waals surface area (Å²) in [7, 11) is 0. The van der Waals surface area contributed by atoms with Crippen molar-refractivity contribution in [1.82, 2.24) is 8.94 Å². The second-order valence-corrected chi connectivity index (χ2v) is 6.63. The van der Waals surface area contributed by atoms with Crippen molar-refractivity contribution < 1.29 is 18.0 Å². The van der Waals surface area contributed by atoms with E-state index in [9.17, 15) is 22.8 Å². The average Bonchev–Trinajstić information content (AvgIpc) is 2.95. The minimum atomic E-state index is -4.48. The van der Waals surface area contributed by atoms with Crippen LogP contribution in [0.2, 0.25) is 0 Å². The van der Waals surface area contributed by atoms with Crippen molar-refractivity contribution in [2.24, 2.45) is 4.99 Å². The van der Waals surface area contributed by atoms with Crippen LogP contribution in [-0.2, 0) is 12.7 Å². The Bertz CT molecular complexity index is 1090. The molecule has 0 unspecified atom stereocenters. The molecule has 3 rings (SSSR count). The van der Waals surface area contributed by atoms with Gasteiger partial charge in [-0.25, -0.2) is 4.79 Å². The van der Waals surface area contributed by atoms with Crippen LogP contribution in [0.5, 0.6) is 0 Å². The van der Waals surface area contributed by atoms with Crippen LogP contribution >= 0.6 is 11.5 Å². The van der Waals surface area contributed by atoms with Gasteiger partial charge in [-0.15, -0.1) is 0 Å². The Balaban J connectivity index is 1.95. The highest BCUT2D eigenvalue weighted by molar-refractivity contribution is 7.02. The van der Waals surface area contributed by atoms with Gasteiger partial charge in [-0.05, 0) is 48.3 Å². The molecule has 140 valence electrons. The third kappa shape index (κ3) is 4.43. The first kappa shape index (κ1) is 18.8. The number of benzene rings is 2. The molecule has 0 fully saturated rings. The zero-order valence-electron chi connectivity index (χ0n) is 14.1. The molecule has 0 saturated heterocycles. The van der Waals surface area contributed by atoms with E-state index in [1.54, 1.807) is 24.3 Å². The van der Waals surface area contributed by atoms with Gasteiger partial charge < -0.3 is 0 Å². The molecule has 0 spiro atoms. The summed E-state index contributed by atoms with van der Waals surface area (Å²) >= 11 is 0.847. The molecule has 0 aliphatic rings. The van der Waals surface area contributed by atoms with Crippen LogP contribution in [0.4, 0.5) is 13.2 Å². The van der Waals surface area contributed by atoms with Gasteiger partial charge in [0.25, 0.3) is 5.91 Å². The van der Waals surface area contributed by atoms with Crippen molar-refractivity contribution in [3.8, 4) is 0 Å². The van der Waals surface area contributed by atoms with E-state index >= 15 is 0 Å². The van der Waals surface area contributed by atoms with Gasteiger partial charge in [-0.3, -0.25) is 13.7 Å². The molecule has 0 radical (unpaired) electrons. The van der Waals surface area contributed by atoms with Gasteiger partial charge in [0.15, 0.2) is 0 Å². The quantitative estimate of drug-likeness (QED) is 0.742. The van der Waals surface area contributed by atoms with Gasteiger partial charge in [-0.1, -0.05) is 29.8 Å². The van der Waals surface area contributed by atoms with Crippen LogP contribution in [0.3, 0.4) is 0 Å². The number of nitrogens with one attached hydrogen (secondary N) is 1. The maximum Gasteiger partial charge on any atom is 0.416 e. The number of halogens is 3. The number of rotatable bonds is 3. The first-order chi connectivity index (χ1) is 12.7. The van der Waals surface area contributed by atoms with Gasteiger partial charge >= 0.3 is 11.9 Å². The molecule has 9 heteroatoms. The van der Waals surface area contributed by atoms with Crippen LogP contribution in [0.25, 0.3) is 0 Å². The van der Waals surface area contributed by atoms with Gasteiger partial charge in [0.05, 0.1) is 12.1 Å². The van der Waals surface area contributed by atoms with Gasteiger partial charge in [-0.2, -0.15) is 18.2 Å². The summed E-state index contributed by atoms with van der Waals surface area (Å²) < 4.78 is 42.2. The Hall–Kier alpha value is -2.94. The van der Waals surface area contributed by atoms with E-state index in [0.29, 0.717) is 5.56 Å². The standard InChI is InChI=1S/C18H14F3N3O2S/c1-11-5-7-13(8-6-11)15(25)22-17-24(16(26)23-27-17)10-12-3-2-4-14(9-12)18(19,20)21/h2-9H,10H2,1H3,(H,23,26)/b22-17-. The highest BCUT2D eigenvalue weighted by Crippen LogP contribution is 2.29. The Kier molecular flexibility index (Phi) is 5.13. The number of aromatic nitrogens is 2. The molecule has 0 aliphatic heterocycles. The van der Waals surface area contributed by atoms with Gasteiger partial charge in [0.2, 0.25) is 4.80 Å². The summed E-state index contributed by atoms with van der Waals surface area (Å²) in [5.74, 6) is -0.539. The van der Waals surface area contributed by atoms with Crippen molar-refractivity contribution in [2.75, 3.05) is 0 Å². The van der Waals surface area contributed by atoms with Crippen LogP contribution in [0.1, 0.15) is 27.0 Å². The SMILES string of the molecule is Cc1ccc(C(=O)/N=c2\s[nH]c(=O)n2Cc2cccc(C(F)(F)F)c2)cc1. The molecule has 5 nitrogen and oxygen atoms in total. The number of hydrogen-bond donors (Lipinski definition) is 1. The molecule has 1 aromatic heterocycles. The number of hydrogen-bond acceptors (Lipinski definition) is 3. The van der Waals surface area contributed by atoms with Crippen molar-refractivity contribution in [3.05, 3.63) is 86.1 Å². The third-order valence-corrected chi connectivity index (χ3v) is 4.57. The summed E-state index contributed by atoms with van der Waals surface area (Å²) in [5.41, 5.74) is 0.261. The monoisotopic (exact) mass is 393 g/mol. The van der Waals surface area contributed by atoms with E-state index in [2.05, 4.69) is 9.37 Å². The Morgan fingerprint density at radius 2 is 1.89 bits per heavy atom. The molecular weight excluding hydrogens is 379 g/mol. The molecule has 0 saturated carbocycles. The molecular formula is C18H14F3N3O2S. The fourth-order valence-electron chi connectivity index (χ4n) is 2.39. The molecule has 1 amide bonds. The zero-order chi connectivity index (χ0) is 19.6. The van der Waals surface area contributed by atoms with Crippen molar-refractivity contribution >= 4 is 17.4 Å². The molecule has 1 heterocycles. The summed E-state index contributed by atoms with van der Waals surface area (Å²) in [6.07, 6.45) is -4.48. The van der Waals surface area contributed by atoms with Crippen molar-refractivity contribution in [1.29, 1.82) is 0 Å². The number of amides is 1. The number of carbonyl (C=O) groups is 1. The van der Waals surface area contributed by atoms with E-state index in [-0.39, 0.29) is 16.9 Å². The van der Waals surface area contributed by atoms with Crippen LogP contribution in [0, 0.1) is 6.92 Å². The topological polar surface area (TPSA) is 67.2 Å². The Labute approximate surface area is 155 Å². The predicted octanol–water partition coefficient (Wildman–Crippen LogP) is 3.35. The van der Waals surface area contributed by atoms with E-state index in [1.165, 1.54) is 12.1 Å². The lowest BCUT2D eigenvalue weighted by Gasteiger charge is -2.08. The number of nitrogens with zero attached hydrogens (tertiary/aromatic N) is 2. The summed E-state index contributed by atoms with van der Waals surface area (Å²) in [6, 6.07) is 11.4. The number of H-pyrrole nitrogens is 1. The zero-order valence-corrected chi connectivity index (χ0v) is 14.9. The van der Waals surface area contributed by atoms with Crippen LogP contribution in [-0.4, -0.2) is 14.8 Å². The number of aromatic amines is 1. The molecule has 27 heavy (non-hydrogen) atoms. The first-order valence-corrected chi connectivity index (χ1v) is 8.66. The van der Waals surface area contributed by atoms with Gasteiger partial charge in [0.1, 0.15) is 0 Å². The predicted molar refractivity (Wildman–Crippen MR) is 94.5 cm³/mol. The molecule has 0 aliphatic carbocycles. The lowest BCUT2D eigenvalue weighted by molar-refractivity contribution is -0.137. The summed E-state index contributed by atoms with van der Waals surface area (Å²) in [4.78, 5) is 28.3. The minimum absolute atomic E-state index is 0.0861. The average molecular weight is 393 g/mol. The summed E-state index contributed by atoms with van der Waals surface area (Å²) in [6.45, 7) is 1.75. The lowest BCUT2D eigenvalue weighted by atomic mass is 10.1. The van der Waals surface area contributed by atoms with E-state index < -0.39 is 23.3 Å². The highest BCUT2D eigenvalue weighted by Gasteiger charge is 2.30. The first-order valence-electron chi connectivity index (χ1n) is 7.84. The normalized spacial score (nSPS) is 12.4. The number of alkyl halides is 3. The third-order valence-electron chi connectivity index (χ3n) is 3.80. The fraction of sp³-hybridized carbons (Fsp3) is 0.167. The van der Waals surface area contributed by atoms with E-state index in [0.717, 1.165) is 33.8 Å². The van der Waals surface area contributed by atoms with Crippen molar-refractivity contribution in [2.45, 2.75) is 19.6 Å². The van der Waals surface area contributed by atoms with Gasteiger partial charge in [0, 0.05) is 5.56 Å². The summed E-state index contributed by atoms with van der Waals surface area (Å²) in [5, 5.41) is 0. The van der Waals surface area contributed by atoms with E-state index in [4.69, 9.17) is 0 Å². The highest BCUT2D eigenvalue weighted by atomic mass is 32.1. The maximum atomic E-state index is 12.9. The molecule has 0 atom stereocenters. The largest absolute Gasteiger partial charge is 0.416 e. The Morgan fingerprint density at radius 1 is 1.19 bits per heavy atom. The van der Waals surface area contributed by atoms with Crippen LogP contribution < -0.4 is 10.5 Å². The second kappa shape index (κ2) is 7.36. The molecule has 0 bridgehead atoms. The number of carbonyl (C=O) groups excluding carboxylic acids is 1. The smallest absolute Gasteiger partial charge is 0.267 e. The molecule has 2 aromatic carbocycles. The Morgan fingerprint density at radius 3 is 2.56 bits per heavy atom. The molecule has 1 N–H and O–H groups in total. The van der Waals surface area contributed by atoms with E-state index in [1.807, 2.05) is 6.92 Å². The number of aryl methyl sites for hydroxylation is 1. The van der Waals surface area contributed by atoms with Crippen LogP contribution in [0.15, 0.2) is 58.3 Å². The lowest BCUT2D eigenvalue weighted by Crippen LogP contribution is -2.28. The maximum absolute atomic E-state index is 12.9. The fourth-order valence-corrected chi connectivity index (χ4v) is 3.06. The minimum Gasteiger partial charge on any atom is -0.267 e. The van der Waals surface area contributed by atoms with Crippen molar-refractivity contribution in [3.63, 3.8) is 0 Å². The second-order valence-electron chi connectivity index (χ2n) is 5.86.